The van der Waals surface area contributed by atoms with Crippen LogP contribution in [0.15, 0.2) is 24.3 Å². The van der Waals surface area contributed by atoms with Gasteiger partial charge in [-0.2, -0.15) is 0 Å². The van der Waals surface area contributed by atoms with Crippen LogP contribution in [-0.2, 0) is 14.8 Å². The maximum absolute atomic E-state index is 11.6. The summed E-state index contributed by atoms with van der Waals surface area (Å²) in [7, 11) is -3.31. The Morgan fingerprint density at radius 3 is 2.69 bits per heavy atom. The van der Waals surface area contributed by atoms with Crippen molar-refractivity contribution in [1.29, 1.82) is 0 Å². The van der Waals surface area contributed by atoms with E-state index in [4.69, 9.17) is 4.74 Å². The average molecular weight is 355 g/mol. The number of para-hydroxylation sites is 1. The molecule has 0 radical (unpaired) electrons. The molecule has 0 saturated heterocycles. The Hall–Kier alpha value is -0.340. The van der Waals surface area contributed by atoms with E-state index in [1.807, 2.05) is 19.1 Å². The largest absolute Gasteiger partial charge is 0.381 e. The van der Waals surface area contributed by atoms with Gasteiger partial charge in [0.2, 0.25) is 10.0 Å². The quantitative estimate of drug-likeness (QED) is 0.628. The van der Waals surface area contributed by atoms with Crippen molar-refractivity contribution in [3.63, 3.8) is 0 Å². The number of sulfonamides is 1. The van der Waals surface area contributed by atoms with Crippen LogP contribution in [0, 0.1) is 3.57 Å². The zero-order valence-corrected chi connectivity index (χ0v) is 11.9. The fraction of sp³-hybridized carbons (Fsp3) is 0.400. The molecule has 0 unspecified atom stereocenters. The van der Waals surface area contributed by atoms with Gasteiger partial charge < -0.3 is 4.74 Å². The minimum absolute atomic E-state index is 0.0220. The van der Waals surface area contributed by atoms with Crippen LogP contribution >= 0.6 is 22.6 Å². The van der Waals surface area contributed by atoms with E-state index in [1.165, 1.54) is 0 Å². The summed E-state index contributed by atoms with van der Waals surface area (Å²) in [6.45, 7) is 2.58. The van der Waals surface area contributed by atoms with Gasteiger partial charge in [0.05, 0.1) is 18.0 Å². The molecule has 0 amide bonds. The van der Waals surface area contributed by atoms with Crippen molar-refractivity contribution in [2.45, 2.75) is 6.92 Å². The molecule has 1 N–H and O–H groups in total. The molecular weight excluding hydrogens is 341 g/mol. The van der Waals surface area contributed by atoms with Crippen LogP contribution in [0.1, 0.15) is 6.92 Å². The molecule has 0 fully saturated rings. The minimum Gasteiger partial charge on any atom is -0.381 e. The van der Waals surface area contributed by atoms with E-state index < -0.39 is 10.0 Å². The third-order valence-electron chi connectivity index (χ3n) is 1.84. The summed E-state index contributed by atoms with van der Waals surface area (Å²) in [5.41, 5.74) is 0.611. The SMILES string of the molecule is CCOCCS(=O)(=O)Nc1ccccc1I. The fourth-order valence-electron chi connectivity index (χ4n) is 1.08. The number of nitrogens with one attached hydrogen (secondary N) is 1. The molecule has 0 aliphatic carbocycles. The number of hydrogen-bond donors (Lipinski definition) is 1. The van der Waals surface area contributed by atoms with Gasteiger partial charge in [-0.05, 0) is 41.6 Å². The third kappa shape index (κ3) is 4.67. The number of anilines is 1. The summed E-state index contributed by atoms with van der Waals surface area (Å²) in [6, 6.07) is 7.24. The highest BCUT2D eigenvalue weighted by atomic mass is 127. The lowest BCUT2D eigenvalue weighted by molar-refractivity contribution is 0.163. The summed E-state index contributed by atoms with van der Waals surface area (Å²) in [5.74, 6) is -0.0220. The van der Waals surface area contributed by atoms with Gasteiger partial charge in [-0.15, -0.1) is 0 Å². The number of rotatable bonds is 6. The van der Waals surface area contributed by atoms with Gasteiger partial charge in [0.25, 0.3) is 0 Å². The maximum atomic E-state index is 11.6. The first-order valence-electron chi connectivity index (χ1n) is 4.88. The second-order valence-corrected chi connectivity index (χ2v) is 6.10. The second kappa shape index (κ2) is 6.41. The van der Waals surface area contributed by atoms with Gasteiger partial charge in [-0.3, -0.25) is 4.72 Å². The summed E-state index contributed by atoms with van der Waals surface area (Å²) in [4.78, 5) is 0. The Morgan fingerprint density at radius 1 is 1.38 bits per heavy atom. The molecule has 16 heavy (non-hydrogen) atoms. The predicted molar refractivity (Wildman–Crippen MR) is 73.1 cm³/mol. The Morgan fingerprint density at radius 2 is 2.06 bits per heavy atom. The smallest absolute Gasteiger partial charge is 0.235 e. The van der Waals surface area contributed by atoms with Gasteiger partial charge in [0.1, 0.15) is 0 Å². The molecule has 0 aliphatic rings. The molecule has 0 heterocycles. The van der Waals surface area contributed by atoms with Gasteiger partial charge in [-0.1, -0.05) is 12.1 Å². The molecule has 0 atom stereocenters. The average Bonchev–Trinajstić information content (AvgIpc) is 2.21. The highest BCUT2D eigenvalue weighted by Crippen LogP contribution is 2.18. The normalized spacial score (nSPS) is 11.4. The third-order valence-corrected chi connectivity index (χ3v) is 4.02. The van der Waals surface area contributed by atoms with E-state index >= 15 is 0 Å². The number of hydrogen-bond acceptors (Lipinski definition) is 3. The van der Waals surface area contributed by atoms with Crippen molar-refractivity contribution >= 4 is 38.3 Å². The first-order valence-corrected chi connectivity index (χ1v) is 7.61. The topological polar surface area (TPSA) is 55.4 Å². The molecule has 4 nitrogen and oxygen atoms in total. The Bertz CT molecular complexity index is 433. The molecule has 1 rings (SSSR count). The standard InChI is InChI=1S/C10H14INO3S/c1-2-15-7-8-16(13,14)12-10-6-4-3-5-9(10)11/h3-6,12H,2,7-8H2,1H3. The Balaban J connectivity index is 2.63. The molecule has 0 saturated carbocycles. The number of ether oxygens (including phenoxy) is 1. The minimum atomic E-state index is -3.31. The molecule has 0 spiro atoms. The highest BCUT2D eigenvalue weighted by Gasteiger charge is 2.11. The van der Waals surface area contributed by atoms with Crippen LogP contribution in [0.3, 0.4) is 0 Å². The fourth-order valence-corrected chi connectivity index (χ4v) is 2.73. The van der Waals surface area contributed by atoms with Crippen molar-refractivity contribution < 1.29 is 13.2 Å². The van der Waals surface area contributed by atoms with Crippen LogP contribution in [0.5, 0.6) is 0 Å². The van der Waals surface area contributed by atoms with Crippen molar-refractivity contribution in [3.8, 4) is 0 Å². The van der Waals surface area contributed by atoms with Gasteiger partial charge >= 0.3 is 0 Å². The zero-order valence-electron chi connectivity index (χ0n) is 8.94. The molecule has 0 bridgehead atoms. The zero-order chi connectivity index (χ0) is 12.0. The lowest BCUT2D eigenvalue weighted by Crippen LogP contribution is -2.20. The monoisotopic (exact) mass is 355 g/mol. The van der Waals surface area contributed by atoms with Gasteiger partial charge in [0.15, 0.2) is 0 Å². The van der Waals surface area contributed by atoms with Crippen molar-refractivity contribution in [1.82, 2.24) is 0 Å². The van der Waals surface area contributed by atoms with Crippen LogP contribution < -0.4 is 4.72 Å². The van der Waals surface area contributed by atoms with Gasteiger partial charge in [0, 0.05) is 10.2 Å². The summed E-state index contributed by atoms with van der Waals surface area (Å²) in [5, 5.41) is 0. The highest BCUT2D eigenvalue weighted by molar-refractivity contribution is 14.1. The van der Waals surface area contributed by atoms with Crippen molar-refractivity contribution in [2.24, 2.45) is 0 Å². The first kappa shape index (κ1) is 13.7. The van der Waals surface area contributed by atoms with E-state index in [0.29, 0.717) is 12.3 Å². The maximum Gasteiger partial charge on any atom is 0.235 e. The molecule has 1 aromatic carbocycles. The van der Waals surface area contributed by atoms with Gasteiger partial charge in [-0.25, -0.2) is 8.42 Å². The molecule has 0 aliphatic heterocycles. The summed E-state index contributed by atoms with van der Waals surface area (Å²) in [6.07, 6.45) is 0. The number of halogens is 1. The van der Waals surface area contributed by atoms with Crippen molar-refractivity contribution in [3.05, 3.63) is 27.8 Å². The van der Waals surface area contributed by atoms with Crippen LogP contribution in [0.25, 0.3) is 0 Å². The first-order chi connectivity index (χ1) is 7.55. The Kier molecular flexibility index (Phi) is 5.50. The molecule has 1 aromatic rings. The summed E-state index contributed by atoms with van der Waals surface area (Å²) < 4.78 is 31.7. The molecule has 90 valence electrons. The lowest BCUT2D eigenvalue weighted by Gasteiger charge is -2.09. The van der Waals surface area contributed by atoms with E-state index in [0.717, 1.165) is 3.57 Å². The van der Waals surface area contributed by atoms with E-state index in [9.17, 15) is 8.42 Å². The molecular formula is C10H14INO3S. The van der Waals surface area contributed by atoms with Crippen LogP contribution in [0.2, 0.25) is 0 Å². The van der Waals surface area contributed by atoms with E-state index in [2.05, 4.69) is 27.3 Å². The lowest BCUT2D eigenvalue weighted by atomic mass is 10.3. The summed E-state index contributed by atoms with van der Waals surface area (Å²) >= 11 is 2.09. The van der Waals surface area contributed by atoms with Crippen LogP contribution in [-0.4, -0.2) is 27.4 Å². The predicted octanol–water partition coefficient (Wildman–Crippen LogP) is 2.07. The second-order valence-electron chi connectivity index (χ2n) is 3.10. The van der Waals surface area contributed by atoms with Crippen molar-refractivity contribution in [2.75, 3.05) is 23.7 Å². The number of benzene rings is 1. The molecule has 0 aromatic heterocycles. The molecule has 6 heteroatoms. The Labute approximate surface area is 110 Å². The van der Waals surface area contributed by atoms with E-state index in [1.54, 1.807) is 12.1 Å². The van der Waals surface area contributed by atoms with Crippen LogP contribution in [0.4, 0.5) is 5.69 Å². The van der Waals surface area contributed by atoms with E-state index in [-0.39, 0.29) is 12.4 Å².